The second-order valence-corrected chi connectivity index (χ2v) is 4.31. The van der Waals surface area contributed by atoms with E-state index in [1.807, 2.05) is 0 Å². The molecular formula is C12H14Cl2N2O2. The molecule has 0 unspecified atom stereocenters. The molecule has 1 aromatic rings. The Labute approximate surface area is 116 Å². The first-order valence-electron chi connectivity index (χ1n) is 5.30. The van der Waals surface area contributed by atoms with Gasteiger partial charge in [0.1, 0.15) is 10.3 Å². The maximum Gasteiger partial charge on any atom is 0.254 e. The lowest BCUT2D eigenvalue weighted by Gasteiger charge is -2.20. The van der Waals surface area contributed by atoms with Gasteiger partial charge in [-0.05, 0) is 12.1 Å². The van der Waals surface area contributed by atoms with Gasteiger partial charge in [-0.2, -0.15) is 0 Å². The van der Waals surface area contributed by atoms with Gasteiger partial charge in [0.25, 0.3) is 5.91 Å². The van der Waals surface area contributed by atoms with E-state index < -0.39 is 0 Å². The molecule has 0 aliphatic rings. The number of methoxy groups -OCH3 is 1. The highest BCUT2D eigenvalue weighted by Crippen LogP contribution is 2.16. The smallest absolute Gasteiger partial charge is 0.254 e. The first kappa shape index (κ1) is 15.0. The third-order valence-electron chi connectivity index (χ3n) is 2.21. The normalized spacial score (nSPS) is 10.2. The van der Waals surface area contributed by atoms with E-state index in [9.17, 15) is 4.79 Å². The SMILES string of the molecule is C=CCN(CCOC)C(=O)c1cc(Cl)nc(Cl)c1. The highest BCUT2D eigenvalue weighted by atomic mass is 35.5. The van der Waals surface area contributed by atoms with Crippen molar-refractivity contribution in [3.63, 3.8) is 0 Å². The van der Waals surface area contributed by atoms with Crippen LogP contribution in [0.2, 0.25) is 10.3 Å². The van der Waals surface area contributed by atoms with E-state index in [4.69, 9.17) is 27.9 Å². The molecule has 0 aliphatic carbocycles. The second kappa shape index (κ2) is 7.36. The topological polar surface area (TPSA) is 42.4 Å². The van der Waals surface area contributed by atoms with Crippen molar-refractivity contribution in [2.24, 2.45) is 0 Å². The fourth-order valence-electron chi connectivity index (χ4n) is 1.40. The van der Waals surface area contributed by atoms with E-state index in [0.29, 0.717) is 25.3 Å². The Balaban J connectivity index is 2.89. The summed E-state index contributed by atoms with van der Waals surface area (Å²) in [5.74, 6) is -0.182. The maximum atomic E-state index is 12.2. The van der Waals surface area contributed by atoms with E-state index >= 15 is 0 Å². The quantitative estimate of drug-likeness (QED) is 0.597. The summed E-state index contributed by atoms with van der Waals surface area (Å²) in [5.41, 5.74) is 0.401. The van der Waals surface area contributed by atoms with Crippen molar-refractivity contribution >= 4 is 29.1 Å². The largest absolute Gasteiger partial charge is 0.383 e. The lowest BCUT2D eigenvalue weighted by atomic mass is 10.2. The molecule has 1 rings (SSSR count). The number of hydrogen-bond donors (Lipinski definition) is 0. The summed E-state index contributed by atoms with van der Waals surface area (Å²) in [5, 5.41) is 0.382. The second-order valence-electron chi connectivity index (χ2n) is 3.53. The molecular weight excluding hydrogens is 275 g/mol. The summed E-state index contributed by atoms with van der Waals surface area (Å²) < 4.78 is 4.96. The van der Waals surface area contributed by atoms with Crippen LogP contribution in [0.25, 0.3) is 0 Å². The van der Waals surface area contributed by atoms with Gasteiger partial charge in [0.15, 0.2) is 0 Å². The summed E-state index contributed by atoms with van der Waals surface area (Å²) in [7, 11) is 1.58. The van der Waals surface area contributed by atoms with Crippen molar-refractivity contribution in [1.29, 1.82) is 0 Å². The van der Waals surface area contributed by atoms with Gasteiger partial charge in [0.2, 0.25) is 0 Å². The minimum Gasteiger partial charge on any atom is -0.383 e. The molecule has 0 fully saturated rings. The lowest BCUT2D eigenvalue weighted by Crippen LogP contribution is -2.34. The fraction of sp³-hybridized carbons (Fsp3) is 0.333. The van der Waals surface area contributed by atoms with Gasteiger partial charge in [-0.25, -0.2) is 4.98 Å². The molecule has 1 amide bonds. The molecule has 0 aromatic carbocycles. The number of nitrogens with zero attached hydrogens (tertiary/aromatic N) is 2. The molecule has 0 spiro atoms. The van der Waals surface area contributed by atoms with E-state index in [1.165, 1.54) is 12.1 Å². The highest BCUT2D eigenvalue weighted by molar-refractivity contribution is 6.33. The zero-order valence-corrected chi connectivity index (χ0v) is 11.5. The number of ether oxygens (including phenoxy) is 1. The first-order chi connectivity index (χ1) is 8.58. The Morgan fingerprint density at radius 1 is 1.50 bits per heavy atom. The summed E-state index contributed by atoms with van der Waals surface area (Å²) in [6, 6.07) is 2.97. The van der Waals surface area contributed by atoms with Crippen LogP contribution in [0, 0.1) is 0 Å². The number of aromatic nitrogens is 1. The molecule has 18 heavy (non-hydrogen) atoms. The summed E-state index contributed by atoms with van der Waals surface area (Å²) in [6.45, 7) is 4.97. The maximum absolute atomic E-state index is 12.2. The third kappa shape index (κ3) is 4.29. The minimum absolute atomic E-state index is 0.182. The van der Waals surface area contributed by atoms with Crippen molar-refractivity contribution in [2.75, 3.05) is 26.8 Å². The van der Waals surface area contributed by atoms with Crippen molar-refractivity contribution < 1.29 is 9.53 Å². The van der Waals surface area contributed by atoms with Gasteiger partial charge < -0.3 is 9.64 Å². The zero-order valence-electron chi connectivity index (χ0n) is 10.0. The molecule has 0 saturated carbocycles. The molecule has 0 saturated heterocycles. The lowest BCUT2D eigenvalue weighted by molar-refractivity contribution is 0.0718. The van der Waals surface area contributed by atoms with Gasteiger partial charge in [0.05, 0.1) is 6.61 Å². The van der Waals surface area contributed by atoms with Crippen molar-refractivity contribution in [3.8, 4) is 0 Å². The molecule has 0 bridgehead atoms. The van der Waals surface area contributed by atoms with Gasteiger partial charge in [0, 0.05) is 25.8 Å². The van der Waals surface area contributed by atoms with Crippen molar-refractivity contribution in [3.05, 3.63) is 40.7 Å². The Morgan fingerprint density at radius 2 is 2.11 bits per heavy atom. The minimum atomic E-state index is -0.182. The molecule has 98 valence electrons. The Kier molecular flexibility index (Phi) is 6.12. The van der Waals surface area contributed by atoms with Gasteiger partial charge in [-0.15, -0.1) is 6.58 Å². The summed E-state index contributed by atoms with van der Waals surface area (Å²) in [6.07, 6.45) is 1.65. The van der Waals surface area contributed by atoms with Crippen LogP contribution in [-0.2, 0) is 4.74 Å². The van der Waals surface area contributed by atoms with Crippen LogP contribution < -0.4 is 0 Å². The van der Waals surface area contributed by atoms with Crippen LogP contribution in [0.1, 0.15) is 10.4 Å². The Bertz CT molecular complexity index is 418. The van der Waals surface area contributed by atoms with Gasteiger partial charge in [-0.3, -0.25) is 4.79 Å². The van der Waals surface area contributed by atoms with Crippen molar-refractivity contribution in [1.82, 2.24) is 9.88 Å². The number of carbonyl (C=O) groups excluding carboxylic acids is 1. The number of amides is 1. The predicted octanol–water partition coefficient (Wildman–Crippen LogP) is 2.66. The average Bonchev–Trinajstić information content (AvgIpc) is 2.32. The Morgan fingerprint density at radius 3 is 2.61 bits per heavy atom. The molecule has 4 nitrogen and oxygen atoms in total. The van der Waals surface area contributed by atoms with Crippen LogP contribution >= 0.6 is 23.2 Å². The third-order valence-corrected chi connectivity index (χ3v) is 2.60. The molecule has 0 aliphatic heterocycles. The van der Waals surface area contributed by atoms with Gasteiger partial charge >= 0.3 is 0 Å². The zero-order chi connectivity index (χ0) is 13.5. The van der Waals surface area contributed by atoms with E-state index in [0.717, 1.165) is 0 Å². The van der Waals surface area contributed by atoms with Crippen LogP contribution in [-0.4, -0.2) is 42.6 Å². The molecule has 1 aromatic heterocycles. The molecule has 1 heterocycles. The van der Waals surface area contributed by atoms with Crippen LogP contribution in [0.5, 0.6) is 0 Å². The first-order valence-corrected chi connectivity index (χ1v) is 6.06. The predicted molar refractivity (Wildman–Crippen MR) is 72.2 cm³/mol. The van der Waals surface area contributed by atoms with E-state index in [1.54, 1.807) is 18.1 Å². The van der Waals surface area contributed by atoms with E-state index in [2.05, 4.69) is 11.6 Å². The highest BCUT2D eigenvalue weighted by Gasteiger charge is 2.15. The van der Waals surface area contributed by atoms with Crippen LogP contribution in [0.15, 0.2) is 24.8 Å². The summed E-state index contributed by atoms with van der Waals surface area (Å²) >= 11 is 11.5. The average molecular weight is 289 g/mol. The Hall–Kier alpha value is -1.10. The number of carbonyl (C=O) groups is 1. The molecule has 6 heteroatoms. The summed E-state index contributed by atoms with van der Waals surface area (Å²) in [4.78, 5) is 17.6. The van der Waals surface area contributed by atoms with Gasteiger partial charge in [-0.1, -0.05) is 29.3 Å². The number of halogens is 2. The van der Waals surface area contributed by atoms with E-state index in [-0.39, 0.29) is 16.2 Å². The number of hydrogen-bond acceptors (Lipinski definition) is 3. The van der Waals surface area contributed by atoms with Crippen molar-refractivity contribution in [2.45, 2.75) is 0 Å². The monoisotopic (exact) mass is 288 g/mol. The van der Waals surface area contributed by atoms with Crippen LogP contribution in [0.4, 0.5) is 0 Å². The number of pyridine rings is 1. The van der Waals surface area contributed by atoms with Crippen LogP contribution in [0.3, 0.4) is 0 Å². The molecule has 0 atom stereocenters. The number of rotatable bonds is 6. The fourth-order valence-corrected chi connectivity index (χ4v) is 1.86. The molecule has 0 radical (unpaired) electrons. The molecule has 0 N–H and O–H groups in total. The standard InChI is InChI=1S/C12H14Cl2N2O2/c1-3-4-16(5-6-18-2)12(17)9-7-10(13)15-11(14)8-9/h3,7-8H,1,4-6H2,2H3.